The molecular formula is C24H23N3O2S. The Hall–Kier alpha value is -3.25. The molecule has 0 unspecified atom stereocenters. The Morgan fingerprint density at radius 2 is 1.97 bits per heavy atom. The number of nitrogens with zero attached hydrogens (tertiary/aromatic N) is 2. The van der Waals surface area contributed by atoms with Crippen LogP contribution in [0.2, 0.25) is 0 Å². The first-order chi connectivity index (χ1) is 14.6. The van der Waals surface area contributed by atoms with Gasteiger partial charge in [0, 0.05) is 16.6 Å². The number of esters is 1. The van der Waals surface area contributed by atoms with Crippen LogP contribution < -0.4 is 5.32 Å². The first-order valence-electron chi connectivity index (χ1n) is 9.91. The minimum absolute atomic E-state index is 0.320. The van der Waals surface area contributed by atoms with Crippen LogP contribution in [0, 0.1) is 13.8 Å². The van der Waals surface area contributed by atoms with Gasteiger partial charge in [0.05, 0.1) is 17.6 Å². The number of benzene rings is 2. The van der Waals surface area contributed by atoms with Crippen LogP contribution in [-0.2, 0) is 4.74 Å². The molecule has 4 rings (SSSR count). The van der Waals surface area contributed by atoms with Crippen molar-refractivity contribution in [2.45, 2.75) is 27.2 Å². The van der Waals surface area contributed by atoms with E-state index in [4.69, 9.17) is 4.74 Å². The van der Waals surface area contributed by atoms with Crippen molar-refractivity contribution in [3.8, 4) is 11.1 Å². The molecule has 2 aromatic carbocycles. The van der Waals surface area contributed by atoms with Crippen molar-refractivity contribution in [2.24, 2.45) is 0 Å². The third-order valence-corrected chi connectivity index (χ3v) is 5.87. The van der Waals surface area contributed by atoms with Gasteiger partial charge in [-0.25, -0.2) is 14.8 Å². The van der Waals surface area contributed by atoms with Gasteiger partial charge in [-0.15, -0.1) is 11.3 Å². The van der Waals surface area contributed by atoms with Gasteiger partial charge in [0.1, 0.15) is 17.0 Å². The Bertz CT molecular complexity index is 1220. The predicted molar refractivity (Wildman–Crippen MR) is 123 cm³/mol. The highest BCUT2D eigenvalue weighted by Crippen LogP contribution is 2.38. The molecule has 0 fully saturated rings. The average molecular weight is 418 g/mol. The molecule has 30 heavy (non-hydrogen) atoms. The summed E-state index contributed by atoms with van der Waals surface area (Å²) in [5.41, 5.74) is 6.03. The lowest BCUT2D eigenvalue weighted by molar-refractivity contribution is 0.0505. The van der Waals surface area contributed by atoms with E-state index in [1.165, 1.54) is 11.1 Å². The van der Waals surface area contributed by atoms with Crippen molar-refractivity contribution >= 4 is 39.0 Å². The van der Waals surface area contributed by atoms with Crippen LogP contribution in [0.1, 0.15) is 34.8 Å². The molecule has 152 valence electrons. The Balaban J connectivity index is 1.71. The van der Waals surface area contributed by atoms with E-state index in [2.05, 4.69) is 52.7 Å². The molecule has 2 aromatic heterocycles. The van der Waals surface area contributed by atoms with Crippen LogP contribution in [0.15, 0.2) is 54.2 Å². The van der Waals surface area contributed by atoms with Crippen LogP contribution in [0.5, 0.6) is 0 Å². The molecule has 0 radical (unpaired) electrons. The molecular weight excluding hydrogens is 394 g/mol. The lowest BCUT2D eigenvalue weighted by Crippen LogP contribution is -2.06. The highest BCUT2D eigenvalue weighted by atomic mass is 32.1. The molecule has 0 spiro atoms. The van der Waals surface area contributed by atoms with Gasteiger partial charge in [-0.05, 0) is 55.2 Å². The molecule has 5 nitrogen and oxygen atoms in total. The number of aromatic nitrogens is 2. The second-order valence-electron chi connectivity index (χ2n) is 7.19. The van der Waals surface area contributed by atoms with Crippen molar-refractivity contribution in [3.63, 3.8) is 0 Å². The molecule has 0 aliphatic heterocycles. The van der Waals surface area contributed by atoms with E-state index in [9.17, 15) is 4.79 Å². The van der Waals surface area contributed by atoms with Gasteiger partial charge in [-0.2, -0.15) is 0 Å². The van der Waals surface area contributed by atoms with Gasteiger partial charge in [-0.3, -0.25) is 0 Å². The fourth-order valence-corrected chi connectivity index (χ4v) is 4.15. The van der Waals surface area contributed by atoms with Crippen molar-refractivity contribution in [3.05, 3.63) is 70.9 Å². The van der Waals surface area contributed by atoms with E-state index in [0.717, 1.165) is 33.5 Å². The van der Waals surface area contributed by atoms with Crippen LogP contribution in [0.4, 0.5) is 11.5 Å². The zero-order valence-corrected chi connectivity index (χ0v) is 18.0. The molecule has 4 aromatic rings. The number of thiophene rings is 1. The van der Waals surface area contributed by atoms with Crippen LogP contribution in [0.3, 0.4) is 0 Å². The number of aryl methyl sites for hydroxylation is 2. The van der Waals surface area contributed by atoms with Gasteiger partial charge in [-0.1, -0.05) is 31.2 Å². The second-order valence-corrected chi connectivity index (χ2v) is 8.05. The monoisotopic (exact) mass is 417 g/mol. The van der Waals surface area contributed by atoms with Crippen molar-refractivity contribution < 1.29 is 9.53 Å². The molecule has 0 aliphatic rings. The summed E-state index contributed by atoms with van der Waals surface area (Å²) in [4.78, 5) is 22.1. The summed E-state index contributed by atoms with van der Waals surface area (Å²) in [7, 11) is 0. The van der Waals surface area contributed by atoms with E-state index >= 15 is 0 Å². The van der Waals surface area contributed by atoms with E-state index in [-0.39, 0.29) is 5.97 Å². The summed E-state index contributed by atoms with van der Waals surface area (Å²) < 4.78 is 5.25. The van der Waals surface area contributed by atoms with Gasteiger partial charge in [0.25, 0.3) is 0 Å². The third-order valence-electron chi connectivity index (χ3n) is 4.99. The van der Waals surface area contributed by atoms with Crippen LogP contribution >= 0.6 is 11.3 Å². The molecule has 0 saturated heterocycles. The zero-order valence-electron chi connectivity index (χ0n) is 17.2. The maximum absolute atomic E-state index is 12.2. The van der Waals surface area contributed by atoms with E-state index < -0.39 is 0 Å². The van der Waals surface area contributed by atoms with Gasteiger partial charge < -0.3 is 10.1 Å². The van der Waals surface area contributed by atoms with Crippen molar-refractivity contribution in [2.75, 3.05) is 11.9 Å². The predicted octanol–water partition coefficient (Wildman–Crippen LogP) is 6.29. The largest absolute Gasteiger partial charge is 0.462 e. The van der Waals surface area contributed by atoms with Crippen molar-refractivity contribution in [1.82, 2.24) is 9.97 Å². The van der Waals surface area contributed by atoms with Crippen molar-refractivity contribution in [1.29, 1.82) is 0 Å². The fraction of sp³-hybridized carbons (Fsp3) is 0.208. The maximum Gasteiger partial charge on any atom is 0.338 e. The second kappa shape index (κ2) is 8.63. The smallest absolute Gasteiger partial charge is 0.338 e. The maximum atomic E-state index is 12.2. The summed E-state index contributed by atoms with van der Waals surface area (Å²) in [6.45, 7) is 6.61. The number of hydrogen-bond acceptors (Lipinski definition) is 6. The highest BCUT2D eigenvalue weighted by molar-refractivity contribution is 7.17. The Labute approximate surface area is 179 Å². The van der Waals surface area contributed by atoms with Gasteiger partial charge >= 0.3 is 5.97 Å². The SMILES string of the molecule is CCCOC(=O)c1cccc(Nc2ncnc3scc(-c4ccc(C)c(C)c4)c23)c1. The normalized spacial score (nSPS) is 10.9. The Kier molecular flexibility index (Phi) is 5.77. The van der Waals surface area contributed by atoms with Crippen LogP contribution in [0.25, 0.3) is 21.3 Å². The fourth-order valence-electron chi connectivity index (χ4n) is 3.23. The summed E-state index contributed by atoms with van der Waals surface area (Å²) in [6, 6.07) is 13.7. The molecule has 0 amide bonds. The number of hydrogen-bond donors (Lipinski definition) is 1. The van der Waals surface area contributed by atoms with Crippen LogP contribution in [-0.4, -0.2) is 22.5 Å². The Morgan fingerprint density at radius 3 is 2.77 bits per heavy atom. The van der Waals surface area contributed by atoms with E-state index in [0.29, 0.717) is 18.0 Å². The lowest BCUT2D eigenvalue weighted by atomic mass is 10.0. The topological polar surface area (TPSA) is 64.1 Å². The minimum Gasteiger partial charge on any atom is -0.462 e. The molecule has 0 saturated carbocycles. The molecule has 1 N–H and O–H groups in total. The lowest BCUT2D eigenvalue weighted by Gasteiger charge is -2.10. The quantitative estimate of drug-likeness (QED) is 0.374. The molecule has 0 aliphatic carbocycles. The first-order valence-corrected chi connectivity index (χ1v) is 10.8. The number of carbonyl (C=O) groups excluding carboxylic acids is 1. The number of anilines is 2. The molecule has 6 heteroatoms. The molecule has 0 atom stereocenters. The first kappa shape index (κ1) is 20.0. The van der Waals surface area contributed by atoms with Gasteiger partial charge in [0.15, 0.2) is 0 Å². The van der Waals surface area contributed by atoms with E-state index in [1.807, 2.05) is 19.1 Å². The number of fused-ring (bicyclic) bond motifs is 1. The average Bonchev–Trinajstić information content (AvgIpc) is 3.19. The summed E-state index contributed by atoms with van der Waals surface area (Å²) in [6.07, 6.45) is 2.35. The third kappa shape index (κ3) is 4.04. The summed E-state index contributed by atoms with van der Waals surface area (Å²) in [5.74, 6) is 0.397. The van der Waals surface area contributed by atoms with Gasteiger partial charge in [0.2, 0.25) is 0 Å². The standard InChI is InChI=1S/C24H23N3O2S/c1-4-10-29-24(28)18-6-5-7-19(12-18)27-22-21-20(13-30-23(21)26-14-25-22)17-9-8-15(2)16(3)11-17/h5-9,11-14H,4,10H2,1-3H3,(H,25,26,27). The van der Waals surface area contributed by atoms with E-state index in [1.54, 1.807) is 29.8 Å². The Morgan fingerprint density at radius 1 is 1.10 bits per heavy atom. The summed E-state index contributed by atoms with van der Waals surface area (Å²) >= 11 is 1.60. The number of ether oxygens (including phenoxy) is 1. The highest BCUT2D eigenvalue weighted by Gasteiger charge is 2.15. The number of carbonyl (C=O) groups is 1. The summed E-state index contributed by atoms with van der Waals surface area (Å²) in [5, 5.41) is 6.46. The zero-order chi connectivity index (χ0) is 21.1. The minimum atomic E-state index is -0.320. The number of rotatable bonds is 6. The molecule has 2 heterocycles. The number of nitrogens with one attached hydrogen (secondary N) is 1. The molecule has 0 bridgehead atoms.